The smallest absolute Gasteiger partial charge is 0.236 e. The van der Waals surface area contributed by atoms with Crippen LogP contribution in [-0.2, 0) is 17.8 Å². The number of rotatable bonds is 8. The summed E-state index contributed by atoms with van der Waals surface area (Å²) >= 11 is 1.58. The van der Waals surface area contributed by atoms with Crippen LogP contribution in [0.2, 0.25) is 0 Å². The van der Waals surface area contributed by atoms with Gasteiger partial charge in [-0.25, -0.2) is 4.98 Å². The SMILES string of the molecule is Cc1oc(-c2cccs2)nc1COc1ccc(CC(=O)NCCO)cc1. The second-order valence-electron chi connectivity index (χ2n) is 5.68. The molecule has 0 atom stereocenters. The maximum absolute atomic E-state index is 11.6. The zero-order valence-corrected chi connectivity index (χ0v) is 15.2. The molecule has 2 N–H and O–H groups in total. The highest BCUT2D eigenvalue weighted by atomic mass is 32.1. The van der Waals surface area contributed by atoms with Gasteiger partial charge in [0, 0.05) is 6.54 Å². The van der Waals surface area contributed by atoms with E-state index in [1.807, 2.05) is 48.7 Å². The fourth-order valence-electron chi connectivity index (χ4n) is 2.37. The third-order valence-corrected chi connectivity index (χ3v) is 4.58. The number of aliphatic hydroxyl groups excluding tert-OH is 1. The van der Waals surface area contributed by atoms with E-state index in [-0.39, 0.29) is 25.5 Å². The Labute approximate surface area is 155 Å². The highest BCUT2D eigenvalue weighted by Crippen LogP contribution is 2.26. The molecular formula is C19H20N2O4S. The van der Waals surface area contributed by atoms with Crippen LogP contribution in [0.5, 0.6) is 5.75 Å². The van der Waals surface area contributed by atoms with E-state index < -0.39 is 0 Å². The number of hydrogen-bond acceptors (Lipinski definition) is 6. The van der Waals surface area contributed by atoms with Crippen molar-refractivity contribution >= 4 is 17.2 Å². The number of aliphatic hydroxyl groups is 1. The highest BCUT2D eigenvalue weighted by Gasteiger charge is 2.12. The molecule has 0 unspecified atom stereocenters. The second kappa shape index (κ2) is 8.64. The van der Waals surface area contributed by atoms with Gasteiger partial charge >= 0.3 is 0 Å². The van der Waals surface area contributed by atoms with Crippen LogP contribution in [0.3, 0.4) is 0 Å². The number of thiophene rings is 1. The van der Waals surface area contributed by atoms with Crippen molar-refractivity contribution in [2.75, 3.05) is 13.2 Å². The molecule has 0 saturated carbocycles. The molecule has 0 bridgehead atoms. The number of ether oxygens (including phenoxy) is 1. The minimum Gasteiger partial charge on any atom is -0.487 e. The highest BCUT2D eigenvalue weighted by molar-refractivity contribution is 7.13. The van der Waals surface area contributed by atoms with Crippen molar-refractivity contribution in [2.45, 2.75) is 20.0 Å². The molecule has 0 fully saturated rings. The van der Waals surface area contributed by atoms with Crippen LogP contribution in [-0.4, -0.2) is 29.1 Å². The standard InChI is InChI=1S/C19H20N2O4S/c1-13-16(21-19(25-13)17-3-2-10-26-17)12-24-15-6-4-14(5-7-15)11-18(23)20-8-9-22/h2-7,10,22H,8-9,11-12H2,1H3,(H,20,23). The Balaban J connectivity index is 1.56. The van der Waals surface area contributed by atoms with Crippen molar-refractivity contribution in [2.24, 2.45) is 0 Å². The molecule has 3 aromatic rings. The number of aryl methyl sites for hydroxylation is 1. The molecule has 0 spiro atoms. The maximum Gasteiger partial charge on any atom is 0.236 e. The number of oxazole rings is 1. The number of nitrogens with one attached hydrogen (secondary N) is 1. The molecule has 26 heavy (non-hydrogen) atoms. The molecule has 1 amide bonds. The Bertz CT molecular complexity index is 841. The number of carbonyl (C=O) groups excluding carboxylic acids is 1. The number of amides is 1. The van der Waals surface area contributed by atoms with Crippen molar-refractivity contribution < 1.29 is 19.1 Å². The van der Waals surface area contributed by atoms with E-state index in [9.17, 15) is 4.79 Å². The van der Waals surface area contributed by atoms with Gasteiger partial charge in [0.2, 0.25) is 11.8 Å². The summed E-state index contributed by atoms with van der Waals surface area (Å²) in [6, 6.07) is 11.3. The van der Waals surface area contributed by atoms with Gasteiger partial charge in [-0.15, -0.1) is 11.3 Å². The first-order valence-corrected chi connectivity index (χ1v) is 9.13. The first kappa shape index (κ1) is 18.2. The lowest BCUT2D eigenvalue weighted by molar-refractivity contribution is -0.120. The summed E-state index contributed by atoms with van der Waals surface area (Å²) in [7, 11) is 0. The average Bonchev–Trinajstić information content (AvgIpc) is 3.29. The van der Waals surface area contributed by atoms with Crippen LogP contribution in [0.4, 0.5) is 0 Å². The summed E-state index contributed by atoms with van der Waals surface area (Å²) in [5.41, 5.74) is 1.64. The Morgan fingerprint density at radius 3 is 2.81 bits per heavy atom. The molecule has 2 heterocycles. The van der Waals surface area contributed by atoms with Crippen molar-refractivity contribution in [1.29, 1.82) is 0 Å². The summed E-state index contributed by atoms with van der Waals surface area (Å²) in [5.74, 6) is 1.93. The Hall–Kier alpha value is -2.64. The van der Waals surface area contributed by atoms with Crippen LogP contribution in [0.25, 0.3) is 10.8 Å². The fraction of sp³-hybridized carbons (Fsp3) is 0.263. The molecular weight excluding hydrogens is 352 g/mol. The molecule has 136 valence electrons. The molecule has 2 aromatic heterocycles. The number of benzene rings is 1. The van der Waals surface area contributed by atoms with E-state index in [0.29, 0.717) is 18.2 Å². The average molecular weight is 372 g/mol. The molecule has 0 saturated heterocycles. The number of hydrogen-bond donors (Lipinski definition) is 2. The third-order valence-electron chi connectivity index (χ3n) is 3.72. The van der Waals surface area contributed by atoms with E-state index in [2.05, 4.69) is 10.3 Å². The predicted molar refractivity (Wildman–Crippen MR) is 99.1 cm³/mol. The number of carbonyl (C=O) groups is 1. The Morgan fingerprint density at radius 2 is 2.12 bits per heavy atom. The molecule has 0 aliphatic heterocycles. The number of nitrogens with zero attached hydrogens (tertiary/aromatic N) is 1. The van der Waals surface area contributed by atoms with Crippen molar-refractivity contribution in [3.63, 3.8) is 0 Å². The van der Waals surface area contributed by atoms with Crippen LogP contribution < -0.4 is 10.1 Å². The molecule has 3 rings (SSSR count). The Kier molecular flexibility index (Phi) is 6.04. The summed E-state index contributed by atoms with van der Waals surface area (Å²) in [6.07, 6.45) is 0.271. The van der Waals surface area contributed by atoms with Gasteiger partial charge < -0.3 is 19.6 Å². The van der Waals surface area contributed by atoms with E-state index in [0.717, 1.165) is 21.9 Å². The van der Waals surface area contributed by atoms with Crippen LogP contribution in [0.15, 0.2) is 46.2 Å². The predicted octanol–water partition coefficient (Wildman–Crippen LogP) is 2.94. The summed E-state index contributed by atoms with van der Waals surface area (Å²) < 4.78 is 11.5. The first-order valence-electron chi connectivity index (χ1n) is 8.25. The van der Waals surface area contributed by atoms with Crippen LogP contribution in [0.1, 0.15) is 17.0 Å². The lowest BCUT2D eigenvalue weighted by Crippen LogP contribution is -2.27. The minimum absolute atomic E-state index is 0.0613. The van der Waals surface area contributed by atoms with E-state index >= 15 is 0 Å². The maximum atomic E-state index is 11.6. The van der Waals surface area contributed by atoms with Crippen LogP contribution in [0, 0.1) is 6.92 Å². The van der Waals surface area contributed by atoms with Crippen molar-refractivity contribution in [1.82, 2.24) is 10.3 Å². The van der Waals surface area contributed by atoms with Gasteiger partial charge in [-0.2, -0.15) is 0 Å². The summed E-state index contributed by atoms with van der Waals surface area (Å²) in [4.78, 5) is 17.1. The molecule has 1 aromatic carbocycles. The molecule has 0 aliphatic carbocycles. The lowest BCUT2D eigenvalue weighted by Gasteiger charge is -2.06. The van der Waals surface area contributed by atoms with Gasteiger partial charge in [0.1, 0.15) is 23.8 Å². The lowest BCUT2D eigenvalue weighted by atomic mass is 10.1. The van der Waals surface area contributed by atoms with Gasteiger partial charge in [0.25, 0.3) is 0 Å². The molecule has 0 aliphatic rings. The normalized spacial score (nSPS) is 10.7. The molecule has 6 nitrogen and oxygen atoms in total. The first-order chi connectivity index (χ1) is 12.7. The van der Waals surface area contributed by atoms with E-state index in [4.69, 9.17) is 14.3 Å². The quantitative estimate of drug-likeness (QED) is 0.635. The third kappa shape index (κ3) is 4.71. The second-order valence-corrected chi connectivity index (χ2v) is 6.63. The largest absolute Gasteiger partial charge is 0.487 e. The molecule has 0 radical (unpaired) electrons. The van der Waals surface area contributed by atoms with Crippen molar-refractivity contribution in [3.8, 4) is 16.5 Å². The van der Waals surface area contributed by atoms with Gasteiger partial charge in [-0.1, -0.05) is 18.2 Å². The zero-order valence-electron chi connectivity index (χ0n) is 14.4. The molecule has 7 heteroatoms. The van der Waals surface area contributed by atoms with Crippen molar-refractivity contribution in [3.05, 3.63) is 58.8 Å². The summed E-state index contributed by atoms with van der Waals surface area (Å²) in [6.45, 7) is 2.40. The monoisotopic (exact) mass is 372 g/mol. The van der Waals surface area contributed by atoms with Gasteiger partial charge in [-0.3, -0.25) is 4.79 Å². The van der Waals surface area contributed by atoms with Gasteiger partial charge in [0.15, 0.2) is 0 Å². The number of aromatic nitrogens is 1. The zero-order chi connectivity index (χ0) is 18.4. The Morgan fingerprint density at radius 1 is 1.31 bits per heavy atom. The summed E-state index contributed by atoms with van der Waals surface area (Å²) in [5, 5.41) is 13.3. The minimum atomic E-state index is -0.118. The van der Waals surface area contributed by atoms with E-state index in [1.54, 1.807) is 11.3 Å². The van der Waals surface area contributed by atoms with E-state index in [1.165, 1.54) is 0 Å². The fourth-order valence-corrected chi connectivity index (χ4v) is 3.02. The van der Waals surface area contributed by atoms with Gasteiger partial charge in [0.05, 0.1) is 17.9 Å². The van der Waals surface area contributed by atoms with Gasteiger partial charge in [-0.05, 0) is 36.1 Å². The van der Waals surface area contributed by atoms with Crippen LogP contribution >= 0.6 is 11.3 Å². The topological polar surface area (TPSA) is 84.6 Å².